The van der Waals surface area contributed by atoms with Gasteiger partial charge in [-0.3, -0.25) is 4.79 Å². The molecule has 3 rings (SSSR count). The second-order valence-electron chi connectivity index (χ2n) is 9.27. The van der Waals surface area contributed by atoms with E-state index in [1.807, 2.05) is 38.9 Å². The molecule has 1 heterocycles. The number of carbonyl (C=O) groups excluding carboxylic acids is 1. The zero-order chi connectivity index (χ0) is 25.2. The Bertz CT molecular complexity index is 1120. The first kappa shape index (κ1) is 26.0. The Morgan fingerprint density at radius 1 is 1.15 bits per heavy atom. The van der Waals surface area contributed by atoms with Crippen molar-refractivity contribution in [3.63, 3.8) is 0 Å². The molecule has 8 nitrogen and oxygen atoms in total. The van der Waals surface area contributed by atoms with E-state index in [2.05, 4.69) is 0 Å². The molecule has 3 atom stereocenters. The fourth-order valence-corrected chi connectivity index (χ4v) is 5.22. The van der Waals surface area contributed by atoms with E-state index in [-0.39, 0.29) is 29.9 Å². The summed E-state index contributed by atoms with van der Waals surface area (Å²) in [7, 11) is 1.55. The summed E-state index contributed by atoms with van der Waals surface area (Å²) in [6, 6.07) is 11.7. The highest BCUT2D eigenvalue weighted by Crippen LogP contribution is 2.36. The Balaban J connectivity index is 2.01. The van der Waals surface area contributed by atoms with Gasteiger partial charge in [0.25, 0.3) is 5.91 Å². The van der Waals surface area contributed by atoms with Crippen LogP contribution in [0.3, 0.4) is 0 Å². The highest BCUT2D eigenvalue weighted by atomic mass is 32.2. The van der Waals surface area contributed by atoms with Crippen LogP contribution in [0.15, 0.2) is 47.4 Å². The molecule has 1 aliphatic rings. The van der Waals surface area contributed by atoms with Gasteiger partial charge in [0.1, 0.15) is 6.10 Å². The van der Waals surface area contributed by atoms with Crippen molar-refractivity contribution in [1.82, 2.24) is 9.21 Å². The molecule has 34 heavy (non-hydrogen) atoms. The van der Waals surface area contributed by atoms with Gasteiger partial charge in [-0.15, -0.1) is 0 Å². The Morgan fingerprint density at radius 2 is 1.79 bits per heavy atom. The molecule has 0 saturated carbocycles. The number of hydrogen-bond acceptors (Lipinski definition) is 6. The molecule has 1 amide bonds. The van der Waals surface area contributed by atoms with Crippen LogP contribution in [0.4, 0.5) is 5.69 Å². The zero-order valence-electron chi connectivity index (χ0n) is 20.7. The molecule has 9 heteroatoms. The Hall–Kier alpha value is -2.62. The summed E-state index contributed by atoms with van der Waals surface area (Å²) >= 11 is 0. The summed E-state index contributed by atoms with van der Waals surface area (Å²) in [5.74, 6) is 0.00786. The maximum Gasteiger partial charge on any atom is 0.258 e. The molecule has 186 valence electrons. The number of anilines is 1. The highest BCUT2D eigenvalue weighted by molar-refractivity contribution is 7.89. The standard InChI is InChI=1S/C25H35N3O5S/c1-17-10-12-20(13-11-17)34(31,32)27(6)15-23-18(2)14-28(19(3)16-29)25(30)21-8-7-9-22(26(4)5)24(21)33-23/h7-13,18-19,23,29H,14-16H2,1-6H3/t18-,19+,23+/m0/s1. The van der Waals surface area contributed by atoms with Crippen molar-refractivity contribution in [1.29, 1.82) is 0 Å². The van der Waals surface area contributed by atoms with Gasteiger partial charge in [0, 0.05) is 33.6 Å². The summed E-state index contributed by atoms with van der Waals surface area (Å²) in [4.78, 5) is 17.2. The zero-order valence-corrected chi connectivity index (χ0v) is 21.5. The lowest BCUT2D eigenvalue weighted by Gasteiger charge is -2.38. The molecule has 1 aliphatic heterocycles. The number of aliphatic hydroxyl groups excluding tert-OH is 1. The highest BCUT2D eigenvalue weighted by Gasteiger charge is 2.36. The van der Waals surface area contributed by atoms with Crippen LogP contribution in [0.25, 0.3) is 0 Å². The number of benzene rings is 2. The van der Waals surface area contributed by atoms with E-state index < -0.39 is 22.2 Å². The van der Waals surface area contributed by atoms with Crippen molar-refractivity contribution < 1.29 is 23.1 Å². The summed E-state index contributed by atoms with van der Waals surface area (Å²) < 4.78 is 34.2. The maximum atomic E-state index is 13.4. The van der Waals surface area contributed by atoms with Gasteiger partial charge in [0.15, 0.2) is 5.75 Å². The van der Waals surface area contributed by atoms with Crippen LogP contribution in [0.1, 0.15) is 29.8 Å². The molecule has 0 unspecified atom stereocenters. The van der Waals surface area contributed by atoms with Crippen LogP contribution >= 0.6 is 0 Å². The summed E-state index contributed by atoms with van der Waals surface area (Å²) in [6.45, 7) is 5.90. The number of nitrogens with zero attached hydrogens (tertiary/aromatic N) is 3. The van der Waals surface area contributed by atoms with E-state index in [9.17, 15) is 18.3 Å². The number of aryl methyl sites for hydroxylation is 1. The van der Waals surface area contributed by atoms with Gasteiger partial charge in [-0.25, -0.2) is 8.42 Å². The summed E-state index contributed by atoms with van der Waals surface area (Å²) in [5.41, 5.74) is 2.10. The Morgan fingerprint density at radius 3 is 2.38 bits per heavy atom. The molecule has 0 fully saturated rings. The number of para-hydroxylation sites is 1. The molecule has 0 aromatic heterocycles. The van der Waals surface area contributed by atoms with Crippen molar-refractivity contribution in [3.05, 3.63) is 53.6 Å². The van der Waals surface area contributed by atoms with Crippen LogP contribution in [0.5, 0.6) is 5.75 Å². The minimum atomic E-state index is -3.73. The number of fused-ring (bicyclic) bond motifs is 1. The topological polar surface area (TPSA) is 90.4 Å². The summed E-state index contributed by atoms with van der Waals surface area (Å²) in [6.07, 6.45) is -0.522. The molecular weight excluding hydrogens is 454 g/mol. The van der Waals surface area contributed by atoms with Crippen molar-refractivity contribution >= 4 is 21.6 Å². The molecular formula is C25H35N3O5S. The number of rotatable bonds is 7. The van der Waals surface area contributed by atoms with Crippen molar-refractivity contribution in [2.75, 3.05) is 45.7 Å². The number of sulfonamides is 1. The quantitative estimate of drug-likeness (QED) is 0.643. The third-order valence-corrected chi connectivity index (χ3v) is 8.16. The van der Waals surface area contributed by atoms with Crippen LogP contribution in [-0.2, 0) is 10.0 Å². The minimum absolute atomic E-state index is 0.105. The van der Waals surface area contributed by atoms with E-state index in [4.69, 9.17) is 4.74 Å². The van der Waals surface area contributed by atoms with Crippen molar-refractivity contribution in [3.8, 4) is 5.75 Å². The van der Waals surface area contributed by atoms with Gasteiger partial charge in [-0.05, 0) is 38.1 Å². The van der Waals surface area contributed by atoms with Crippen molar-refractivity contribution in [2.45, 2.75) is 37.8 Å². The van der Waals surface area contributed by atoms with E-state index in [1.54, 1.807) is 55.3 Å². The largest absolute Gasteiger partial charge is 0.486 e. The molecule has 0 spiro atoms. The number of carbonyl (C=O) groups is 1. The monoisotopic (exact) mass is 489 g/mol. The third kappa shape index (κ3) is 5.21. The van der Waals surface area contributed by atoms with Crippen LogP contribution < -0.4 is 9.64 Å². The molecule has 0 aliphatic carbocycles. The second-order valence-corrected chi connectivity index (χ2v) is 11.3. The molecule has 2 aromatic rings. The SMILES string of the molecule is Cc1ccc(S(=O)(=O)N(C)C[C@H]2Oc3c(cccc3N(C)C)C(=O)N([C@H](C)CO)C[C@@H]2C)cc1. The fourth-order valence-electron chi connectivity index (χ4n) is 4.04. The van der Waals surface area contributed by atoms with Crippen LogP contribution in [0, 0.1) is 12.8 Å². The lowest BCUT2D eigenvalue weighted by molar-refractivity contribution is 0.0388. The van der Waals surface area contributed by atoms with E-state index in [0.717, 1.165) is 11.3 Å². The van der Waals surface area contributed by atoms with Crippen molar-refractivity contribution in [2.24, 2.45) is 5.92 Å². The molecule has 0 radical (unpaired) electrons. The predicted octanol–water partition coefficient (Wildman–Crippen LogP) is 2.60. The van der Waals surface area contributed by atoms with Crippen LogP contribution in [-0.4, -0.2) is 81.6 Å². The fraction of sp³-hybridized carbons (Fsp3) is 0.480. The number of likely N-dealkylation sites (N-methyl/N-ethyl adjacent to an activating group) is 1. The molecule has 0 bridgehead atoms. The maximum absolute atomic E-state index is 13.4. The van der Waals surface area contributed by atoms with Gasteiger partial charge >= 0.3 is 0 Å². The van der Waals surface area contributed by atoms with Gasteiger partial charge < -0.3 is 19.6 Å². The minimum Gasteiger partial charge on any atom is -0.486 e. The third-order valence-electron chi connectivity index (χ3n) is 6.32. The van der Waals surface area contributed by atoms with Gasteiger partial charge in [0.05, 0.1) is 35.3 Å². The van der Waals surface area contributed by atoms with Gasteiger partial charge in [-0.1, -0.05) is 30.7 Å². The number of aliphatic hydroxyl groups is 1. The average Bonchev–Trinajstić information content (AvgIpc) is 2.80. The first-order valence-corrected chi connectivity index (χ1v) is 12.8. The molecule has 0 saturated heterocycles. The molecule has 1 N–H and O–H groups in total. The number of ether oxygens (including phenoxy) is 1. The van der Waals surface area contributed by atoms with E-state index >= 15 is 0 Å². The van der Waals surface area contributed by atoms with Gasteiger partial charge in [-0.2, -0.15) is 4.31 Å². The van der Waals surface area contributed by atoms with Gasteiger partial charge in [0.2, 0.25) is 10.0 Å². The normalized spacial score (nSPS) is 19.8. The first-order valence-electron chi connectivity index (χ1n) is 11.4. The Kier molecular flexibility index (Phi) is 7.90. The predicted molar refractivity (Wildman–Crippen MR) is 133 cm³/mol. The lowest BCUT2D eigenvalue weighted by atomic mass is 9.99. The Labute approximate surface area is 202 Å². The lowest BCUT2D eigenvalue weighted by Crippen LogP contribution is -2.50. The van der Waals surface area contributed by atoms with E-state index in [0.29, 0.717) is 17.9 Å². The summed E-state index contributed by atoms with van der Waals surface area (Å²) in [5, 5.41) is 9.79. The average molecular weight is 490 g/mol. The number of hydrogen-bond donors (Lipinski definition) is 1. The second kappa shape index (κ2) is 10.3. The molecule has 2 aromatic carbocycles. The smallest absolute Gasteiger partial charge is 0.258 e. The first-order chi connectivity index (χ1) is 16.0. The van der Waals surface area contributed by atoms with E-state index in [1.165, 1.54) is 4.31 Å². The number of amides is 1. The van der Waals surface area contributed by atoms with Crippen LogP contribution in [0.2, 0.25) is 0 Å².